The molecule has 0 saturated heterocycles. The SMILES string of the molecule is O=C(CSc1c(Cl)c(Cl)c(Cl)c(Cl)c1Cl)NN=Cc1ccc(F)cc1. The fraction of sp³-hybridized carbons (Fsp3) is 0.0667. The van der Waals surface area contributed by atoms with Gasteiger partial charge < -0.3 is 0 Å². The topological polar surface area (TPSA) is 41.5 Å². The molecule has 2 aromatic rings. The van der Waals surface area contributed by atoms with Gasteiger partial charge in [0.05, 0.1) is 37.1 Å². The van der Waals surface area contributed by atoms with E-state index in [1.54, 1.807) is 0 Å². The molecule has 0 unspecified atom stereocenters. The molecule has 0 aliphatic heterocycles. The van der Waals surface area contributed by atoms with E-state index in [4.69, 9.17) is 58.0 Å². The summed E-state index contributed by atoms with van der Waals surface area (Å²) in [6.45, 7) is 0. The number of hydrogen-bond acceptors (Lipinski definition) is 3. The van der Waals surface area contributed by atoms with Crippen LogP contribution < -0.4 is 5.43 Å². The first kappa shape index (κ1) is 20.6. The maximum Gasteiger partial charge on any atom is 0.250 e. The molecule has 0 radical (unpaired) electrons. The molecule has 0 heterocycles. The molecule has 2 rings (SSSR count). The van der Waals surface area contributed by atoms with E-state index in [-0.39, 0.29) is 36.7 Å². The molecule has 0 aromatic heterocycles. The van der Waals surface area contributed by atoms with Gasteiger partial charge in [-0.25, -0.2) is 9.82 Å². The van der Waals surface area contributed by atoms with Crippen molar-refractivity contribution in [3.05, 3.63) is 60.8 Å². The van der Waals surface area contributed by atoms with Crippen molar-refractivity contribution in [1.29, 1.82) is 0 Å². The lowest BCUT2D eigenvalue weighted by Crippen LogP contribution is -2.19. The minimum atomic E-state index is -0.405. The first-order valence-corrected chi connectivity index (χ1v) is 9.40. The van der Waals surface area contributed by atoms with Crippen LogP contribution in [0.1, 0.15) is 5.56 Å². The second-order valence-electron chi connectivity index (χ2n) is 4.53. The monoisotopic (exact) mass is 458 g/mol. The highest BCUT2D eigenvalue weighted by Gasteiger charge is 2.20. The molecular weight excluding hydrogens is 453 g/mol. The zero-order valence-electron chi connectivity index (χ0n) is 12.1. The summed E-state index contributed by atoms with van der Waals surface area (Å²) in [5.74, 6) is -0.793. The average molecular weight is 461 g/mol. The van der Waals surface area contributed by atoms with Crippen LogP contribution in [0.3, 0.4) is 0 Å². The van der Waals surface area contributed by atoms with Crippen LogP contribution in [0.4, 0.5) is 4.39 Å². The molecule has 0 aliphatic carbocycles. The summed E-state index contributed by atoms with van der Waals surface area (Å²) in [5.41, 5.74) is 2.97. The van der Waals surface area contributed by atoms with Gasteiger partial charge in [0.1, 0.15) is 5.82 Å². The van der Waals surface area contributed by atoms with Crippen molar-refractivity contribution < 1.29 is 9.18 Å². The van der Waals surface area contributed by atoms with E-state index in [1.165, 1.54) is 30.5 Å². The zero-order chi connectivity index (χ0) is 18.6. The quantitative estimate of drug-likeness (QED) is 0.186. The maximum absolute atomic E-state index is 12.8. The van der Waals surface area contributed by atoms with Crippen LogP contribution >= 0.6 is 69.8 Å². The summed E-state index contributed by atoms with van der Waals surface area (Å²) in [5, 5.41) is 4.20. The van der Waals surface area contributed by atoms with Crippen LogP contribution in [0.2, 0.25) is 25.1 Å². The zero-order valence-corrected chi connectivity index (χ0v) is 16.7. The Hall–Kier alpha value is -0.690. The lowest BCUT2D eigenvalue weighted by Gasteiger charge is -2.11. The molecule has 1 N–H and O–H groups in total. The highest BCUT2D eigenvalue weighted by molar-refractivity contribution is 8.00. The number of carbonyl (C=O) groups excluding carboxylic acids is 1. The number of hydrogen-bond donors (Lipinski definition) is 1. The van der Waals surface area contributed by atoms with Gasteiger partial charge in [-0.05, 0) is 17.7 Å². The maximum atomic E-state index is 12.8. The summed E-state index contributed by atoms with van der Waals surface area (Å²) < 4.78 is 12.8. The van der Waals surface area contributed by atoms with E-state index in [2.05, 4.69) is 10.5 Å². The van der Waals surface area contributed by atoms with Gasteiger partial charge in [-0.1, -0.05) is 70.1 Å². The van der Waals surface area contributed by atoms with E-state index in [0.717, 1.165) is 11.8 Å². The van der Waals surface area contributed by atoms with Crippen molar-refractivity contribution in [3.8, 4) is 0 Å². The summed E-state index contributed by atoms with van der Waals surface area (Å²) >= 11 is 31.0. The Bertz CT molecular complexity index is 801. The minimum absolute atomic E-state index is 0.0332. The molecule has 0 atom stereocenters. The molecule has 2 aromatic carbocycles. The summed E-state index contributed by atoms with van der Waals surface area (Å²) in [6, 6.07) is 5.63. The molecule has 10 heteroatoms. The van der Waals surface area contributed by atoms with Gasteiger partial charge >= 0.3 is 0 Å². The van der Waals surface area contributed by atoms with Crippen LogP contribution in [-0.4, -0.2) is 17.9 Å². The van der Waals surface area contributed by atoms with Crippen molar-refractivity contribution in [1.82, 2.24) is 5.43 Å². The fourth-order valence-corrected chi connectivity index (χ4v) is 3.98. The number of hydrazone groups is 1. The van der Waals surface area contributed by atoms with Gasteiger partial charge in [0.25, 0.3) is 0 Å². The Morgan fingerprint density at radius 3 is 2.08 bits per heavy atom. The molecule has 0 aliphatic rings. The summed E-state index contributed by atoms with van der Waals surface area (Å²) in [6.07, 6.45) is 1.39. The number of nitrogens with one attached hydrogen (secondary N) is 1. The van der Waals surface area contributed by atoms with Crippen molar-refractivity contribution in [2.75, 3.05) is 5.75 Å². The number of nitrogens with zero attached hydrogens (tertiary/aromatic N) is 1. The average Bonchev–Trinajstić information content (AvgIpc) is 2.60. The highest BCUT2D eigenvalue weighted by atomic mass is 35.5. The smallest absolute Gasteiger partial charge is 0.250 e. The highest BCUT2D eigenvalue weighted by Crippen LogP contribution is 2.47. The van der Waals surface area contributed by atoms with Gasteiger partial charge in [0.15, 0.2) is 0 Å². The fourth-order valence-electron chi connectivity index (χ4n) is 1.61. The third kappa shape index (κ3) is 5.39. The van der Waals surface area contributed by atoms with Crippen LogP contribution in [0.25, 0.3) is 0 Å². The minimum Gasteiger partial charge on any atom is -0.272 e. The van der Waals surface area contributed by atoms with Gasteiger partial charge in [0.2, 0.25) is 5.91 Å². The Morgan fingerprint density at radius 1 is 1.00 bits per heavy atom. The Labute approximate surface area is 172 Å². The number of thioether (sulfide) groups is 1. The first-order valence-electron chi connectivity index (χ1n) is 6.53. The molecule has 0 saturated carbocycles. The second kappa shape index (κ2) is 9.31. The van der Waals surface area contributed by atoms with Gasteiger partial charge in [-0.15, -0.1) is 11.8 Å². The van der Waals surface area contributed by atoms with Gasteiger partial charge in [0, 0.05) is 4.90 Å². The predicted octanol–water partition coefficient (Wildman–Crippen LogP) is 6.34. The number of amides is 1. The molecule has 132 valence electrons. The molecule has 1 amide bonds. The summed E-state index contributed by atoms with van der Waals surface area (Å²) in [4.78, 5) is 12.2. The Kier molecular flexibility index (Phi) is 7.68. The molecule has 3 nitrogen and oxygen atoms in total. The summed E-state index contributed by atoms with van der Waals surface area (Å²) in [7, 11) is 0. The van der Waals surface area contributed by atoms with E-state index >= 15 is 0 Å². The molecule has 0 bridgehead atoms. The van der Waals surface area contributed by atoms with E-state index in [0.29, 0.717) is 10.5 Å². The van der Waals surface area contributed by atoms with Crippen molar-refractivity contribution in [2.24, 2.45) is 5.10 Å². The van der Waals surface area contributed by atoms with E-state index in [9.17, 15) is 9.18 Å². The van der Waals surface area contributed by atoms with E-state index in [1.807, 2.05) is 0 Å². The standard InChI is InChI=1S/C15H8Cl5FN2OS/c16-10-11(17)13(19)15(14(20)12(10)18)25-6-9(24)23-22-5-7-1-3-8(21)4-2-7/h1-5H,6H2,(H,23,24). The molecule has 25 heavy (non-hydrogen) atoms. The predicted molar refractivity (Wildman–Crippen MR) is 104 cm³/mol. The van der Waals surface area contributed by atoms with E-state index < -0.39 is 5.91 Å². The molecular formula is C15H8Cl5FN2OS. The second-order valence-corrected chi connectivity index (χ2v) is 7.41. The third-order valence-electron chi connectivity index (χ3n) is 2.79. The number of benzene rings is 2. The van der Waals surface area contributed by atoms with Crippen molar-refractivity contribution in [3.63, 3.8) is 0 Å². The lowest BCUT2D eigenvalue weighted by molar-refractivity contribution is -0.118. The molecule has 0 fully saturated rings. The van der Waals surface area contributed by atoms with Crippen LogP contribution in [0.5, 0.6) is 0 Å². The van der Waals surface area contributed by atoms with Crippen molar-refractivity contribution >= 4 is 81.9 Å². The number of rotatable bonds is 5. The first-order chi connectivity index (χ1) is 11.8. The Morgan fingerprint density at radius 2 is 1.52 bits per heavy atom. The lowest BCUT2D eigenvalue weighted by atomic mass is 10.2. The number of halogens is 6. The largest absolute Gasteiger partial charge is 0.272 e. The number of carbonyl (C=O) groups is 1. The van der Waals surface area contributed by atoms with Crippen LogP contribution in [0.15, 0.2) is 34.3 Å². The van der Waals surface area contributed by atoms with Crippen molar-refractivity contribution in [2.45, 2.75) is 4.90 Å². The third-order valence-corrected chi connectivity index (χ3v) is 6.39. The van der Waals surface area contributed by atoms with Crippen LogP contribution in [-0.2, 0) is 4.79 Å². The van der Waals surface area contributed by atoms with Crippen LogP contribution in [0, 0.1) is 5.82 Å². The van der Waals surface area contributed by atoms with Gasteiger partial charge in [-0.2, -0.15) is 5.10 Å². The molecule has 0 spiro atoms. The normalized spacial score (nSPS) is 11.1. The van der Waals surface area contributed by atoms with Gasteiger partial charge in [-0.3, -0.25) is 4.79 Å². The Balaban J connectivity index is 1.97.